The molecule has 17 heavy (non-hydrogen) atoms. The second-order valence-electron chi connectivity index (χ2n) is 4.80. The van der Waals surface area contributed by atoms with Crippen molar-refractivity contribution in [2.45, 2.75) is 37.8 Å². The molecule has 1 aliphatic heterocycles. The van der Waals surface area contributed by atoms with Crippen LogP contribution in [0.5, 0.6) is 0 Å². The van der Waals surface area contributed by atoms with E-state index in [1.165, 1.54) is 0 Å². The molecule has 1 heterocycles. The first kappa shape index (κ1) is 12.8. The Morgan fingerprint density at radius 1 is 1.35 bits per heavy atom. The Morgan fingerprint density at radius 3 is 2.76 bits per heavy atom. The Hall–Kier alpha value is -0.650. The van der Waals surface area contributed by atoms with E-state index in [9.17, 15) is 9.90 Å². The van der Waals surface area contributed by atoms with Gasteiger partial charge in [-0.3, -0.25) is 4.79 Å². The van der Waals surface area contributed by atoms with Crippen LogP contribution < -0.4 is 5.32 Å². The van der Waals surface area contributed by atoms with Crippen molar-refractivity contribution in [3.8, 4) is 0 Å². The van der Waals surface area contributed by atoms with Crippen LogP contribution in [0.15, 0.2) is 0 Å². The first-order valence-electron chi connectivity index (χ1n) is 6.54. The van der Waals surface area contributed by atoms with Crippen molar-refractivity contribution >= 4 is 5.91 Å². The van der Waals surface area contributed by atoms with E-state index in [1.54, 1.807) is 0 Å². The van der Waals surface area contributed by atoms with Gasteiger partial charge in [0.05, 0.1) is 19.3 Å². The second-order valence-corrected chi connectivity index (χ2v) is 4.80. The third-order valence-electron chi connectivity index (χ3n) is 3.59. The molecule has 0 bridgehead atoms. The fraction of sp³-hybridized carbons (Fsp3) is 0.917. The van der Waals surface area contributed by atoms with Crippen LogP contribution in [0, 0.1) is 0 Å². The number of ether oxygens (including phenoxy) is 1. The summed E-state index contributed by atoms with van der Waals surface area (Å²) in [4.78, 5) is 13.7. The van der Waals surface area contributed by atoms with Crippen molar-refractivity contribution in [3.63, 3.8) is 0 Å². The SMILES string of the molecule is O=C(CCN[C@@H]1CCC[C@H]1O)N1CCOCC1. The van der Waals surface area contributed by atoms with Crippen molar-refractivity contribution in [3.05, 3.63) is 0 Å². The zero-order valence-electron chi connectivity index (χ0n) is 10.2. The van der Waals surface area contributed by atoms with E-state index in [0.717, 1.165) is 19.3 Å². The molecule has 1 aliphatic carbocycles. The van der Waals surface area contributed by atoms with Crippen molar-refractivity contribution in [1.29, 1.82) is 0 Å². The lowest BCUT2D eigenvalue weighted by atomic mass is 10.2. The first-order valence-corrected chi connectivity index (χ1v) is 6.54. The largest absolute Gasteiger partial charge is 0.392 e. The van der Waals surface area contributed by atoms with Gasteiger partial charge in [0, 0.05) is 32.1 Å². The van der Waals surface area contributed by atoms with Crippen molar-refractivity contribution in [2.24, 2.45) is 0 Å². The zero-order valence-corrected chi connectivity index (χ0v) is 10.2. The highest BCUT2D eigenvalue weighted by molar-refractivity contribution is 5.76. The molecule has 0 spiro atoms. The molecule has 5 heteroatoms. The van der Waals surface area contributed by atoms with Crippen LogP contribution >= 0.6 is 0 Å². The number of hydrogen-bond donors (Lipinski definition) is 2. The van der Waals surface area contributed by atoms with Gasteiger partial charge in [0.25, 0.3) is 0 Å². The predicted octanol–water partition coefficient (Wildman–Crippen LogP) is -0.262. The minimum atomic E-state index is -0.228. The average molecular weight is 242 g/mol. The lowest BCUT2D eigenvalue weighted by Crippen LogP contribution is -2.43. The standard InChI is InChI=1S/C12H22N2O3/c15-11-3-1-2-10(11)13-5-4-12(16)14-6-8-17-9-7-14/h10-11,13,15H,1-9H2/t10-,11-/m1/s1. The Labute approximate surface area is 102 Å². The number of hydrogen-bond acceptors (Lipinski definition) is 4. The molecule has 1 saturated heterocycles. The minimum absolute atomic E-state index is 0.187. The summed E-state index contributed by atoms with van der Waals surface area (Å²) in [5, 5.41) is 12.9. The number of morpholine rings is 1. The van der Waals surface area contributed by atoms with Crippen LogP contribution in [0.1, 0.15) is 25.7 Å². The summed E-state index contributed by atoms with van der Waals surface area (Å²) < 4.78 is 5.21. The van der Waals surface area contributed by atoms with E-state index in [0.29, 0.717) is 39.3 Å². The maximum Gasteiger partial charge on any atom is 0.224 e. The normalized spacial score (nSPS) is 29.6. The monoisotopic (exact) mass is 242 g/mol. The highest BCUT2D eigenvalue weighted by Gasteiger charge is 2.24. The number of nitrogens with zero attached hydrogens (tertiary/aromatic N) is 1. The zero-order chi connectivity index (χ0) is 12.1. The molecule has 0 aromatic rings. The number of aliphatic hydroxyl groups is 1. The number of carbonyl (C=O) groups excluding carboxylic acids is 1. The summed E-state index contributed by atoms with van der Waals surface area (Å²) in [6, 6.07) is 0.187. The van der Waals surface area contributed by atoms with E-state index in [-0.39, 0.29) is 18.1 Å². The van der Waals surface area contributed by atoms with E-state index in [2.05, 4.69) is 5.32 Å². The molecule has 0 radical (unpaired) electrons. The van der Waals surface area contributed by atoms with Crippen LogP contribution in [0.4, 0.5) is 0 Å². The fourth-order valence-electron chi connectivity index (χ4n) is 2.51. The van der Waals surface area contributed by atoms with Gasteiger partial charge in [-0.15, -0.1) is 0 Å². The van der Waals surface area contributed by atoms with Crippen LogP contribution in [-0.2, 0) is 9.53 Å². The molecule has 1 amide bonds. The highest BCUT2D eigenvalue weighted by Crippen LogP contribution is 2.18. The van der Waals surface area contributed by atoms with Gasteiger partial charge in [-0.25, -0.2) is 0 Å². The summed E-state index contributed by atoms with van der Waals surface area (Å²) in [7, 11) is 0. The maximum absolute atomic E-state index is 11.8. The topological polar surface area (TPSA) is 61.8 Å². The van der Waals surface area contributed by atoms with Gasteiger partial charge in [-0.2, -0.15) is 0 Å². The van der Waals surface area contributed by atoms with Crippen LogP contribution in [-0.4, -0.2) is 60.9 Å². The number of carbonyl (C=O) groups is 1. The van der Waals surface area contributed by atoms with E-state index >= 15 is 0 Å². The summed E-state index contributed by atoms with van der Waals surface area (Å²) in [6.07, 6.45) is 3.27. The van der Waals surface area contributed by atoms with Crippen molar-refractivity contribution in [2.75, 3.05) is 32.8 Å². The van der Waals surface area contributed by atoms with E-state index in [4.69, 9.17) is 4.74 Å². The van der Waals surface area contributed by atoms with Gasteiger partial charge in [-0.1, -0.05) is 0 Å². The fourth-order valence-corrected chi connectivity index (χ4v) is 2.51. The van der Waals surface area contributed by atoms with Gasteiger partial charge in [0.15, 0.2) is 0 Å². The second kappa shape index (κ2) is 6.33. The quantitative estimate of drug-likeness (QED) is 0.713. The molecule has 5 nitrogen and oxygen atoms in total. The summed E-state index contributed by atoms with van der Waals surface area (Å²) in [6.45, 7) is 3.40. The highest BCUT2D eigenvalue weighted by atomic mass is 16.5. The third-order valence-corrected chi connectivity index (χ3v) is 3.59. The number of amides is 1. The summed E-state index contributed by atoms with van der Waals surface area (Å²) in [5.74, 6) is 0.188. The molecule has 0 aromatic carbocycles. The molecule has 2 fully saturated rings. The van der Waals surface area contributed by atoms with Crippen molar-refractivity contribution < 1.29 is 14.6 Å². The van der Waals surface area contributed by atoms with Gasteiger partial charge in [0.2, 0.25) is 5.91 Å². The molecule has 1 saturated carbocycles. The van der Waals surface area contributed by atoms with Crippen LogP contribution in [0.2, 0.25) is 0 Å². The minimum Gasteiger partial charge on any atom is -0.392 e. The molecule has 2 rings (SSSR count). The van der Waals surface area contributed by atoms with Crippen LogP contribution in [0.3, 0.4) is 0 Å². The first-order chi connectivity index (χ1) is 8.27. The Morgan fingerprint density at radius 2 is 2.12 bits per heavy atom. The molecule has 0 unspecified atom stereocenters. The van der Waals surface area contributed by atoms with Crippen molar-refractivity contribution in [1.82, 2.24) is 10.2 Å². The lowest BCUT2D eigenvalue weighted by molar-refractivity contribution is -0.135. The van der Waals surface area contributed by atoms with Gasteiger partial charge >= 0.3 is 0 Å². The molecule has 2 atom stereocenters. The molecular formula is C12H22N2O3. The smallest absolute Gasteiger partial charge is 0.224 e. The molecule has 0 aromatic heterocycles. The predicted molar refractivity (Wildman–Crippen MR) is 63.7 cm³/mol. The number of rotatable bonds is 4. The number of nitrogens with one attached hydrogen (secondary N) is 1. The van der Waals surface area contributed by atoms with Crippen LogP contribution in [0.25, 0.3) is 0 Å². The molecule has 2 aliphatic rings. The van der Waals surface area contributed by atoms with Gasteiger partial charge < -0.3 is 20.1 Å². The molecular weight excluding hydrogens is 220 g/mol. The van der Waals surface area contributed by atoms with E-state index in [1.807, 2.05) is 4.90 Å². The van der Waals surface area contributed by atoms with Gasteiger partial charge in [0.1, 0.15) is 0 Å². The summed E-state index contributed by atoms with van der Waals surface area (Å²) in [5.41, 5.74) is 0. The molecule has 2 N–H and O–H groups in total. The van der Waals surface area contributed by atoms with Gasteiger partial charge in [-0.05, 0) is 19.3 Å². The maximum atomic E-state index is 11.8. The molecule has 98 valence electrons. The average Bonchev–Trinajstić information content (AvgIpc) is 2.76. The Kier molecular flexibility index (Phi) is 4.76. The third kappa shape index (κ3) is 3.66. The van der Waals surface area contributed by atoms with E-state index < -0.39 is 0 Å². The Bertz CT molecular complexity index is 254. The number of aliphatic hydroxyl groups excluding tert-OH is 1. The summed E-state index contributed by atoms with van der Waals surface area (Å²) >= 11 is 0. The lowest BCUT2D eigenvalue weighted by Gasteiger charge is -2.27. The Balaban J connectivity index is 1.62.